The summed E-state index contributed by atoms with van der Waals surface area (Å²) in [5.74, 6) is 1.74. The van der Waals surface area contributed by atoms with Crippen LogP contribution in [0.5, 0.6) is 0 Å². The molecule has 4 N–H and O–H groups in total. The molecular formula is C10H18N4O2. The number of nitrogens with one attached hydrogen (secondary N) is 1. The molecule has 1 heterocycles. The van der Waals surface area contributed by atoms with Crippen molar-refractivity contribution in [2.75, 3.05) is 31.3 Å². The van der Waals surface area contributed by atoms with Gasteiger partial charge in [-0.25, -0.2) is 9.97 Å². The van der Waals surface area contributed by atoms with Gasteiger partial charge in [-0.3, -0.25) is 0 Å². The van der Waals surface area contributed by atoms with Gasteiger partial charge in [0.25, 0.3) is 0 Å². The quantitative estimate of drug-likeness (QED) is 0.640. The van der Waals surface area contributed by atoms with E-state index in [0.29, 0.717) is 37.0 Å². The summed E-state index contributed by atoms with van der Waals surface area (Å²) < 4.78 is 4.82. The first kappa shape index (κ1) is 12.7. The van der Waals surface area contributed by atoms with Gasteiger partial charge >= 0.3 is 0 Å². The number of aliphatic hydroxyl groups excluding tert-OH is 1. The van der Waals surface area contributed by atoms with Crippen LogP contribution >= 0.6 is 0 Å². The number of hydrogen-bond acceptors (Lipinski definition) is 6. The molecule has 90 valence electrons. The highest BCUT2D eigenvalue weighted by molar-refractivity contribution is 5.44. The Kier molecular flexibility index (Phi) is 4.94. The summed E-state index contributed by atoms with van der Waals surface area (Å²) in [4.78, 5) is 8.13. The second-order valence-electron chi connectivity index (χ2n) is 3.55. The Labute approximate surface area is 94.9 Å². The maximum absolute atomic E-state index is 9.41. The van der Waals surface area contributed by atoms with Crippen molar-refractivity contribution in [1.82, 2.24) is 9.97 Å². The summed E-state index contributed by atoms with van der Waals surface area (Å²) in [7, 11) is 1.56. The summed E-state index contributed by atoms with van der Waals surface area (Å²) in [6.07, 6.45) is 0.134. The van der Waals surface area contributed by atoms with E-state index in [2.05, 4.69) is 15.3 Å². The number of nitrogen functional groups attached to an aromatic ring is 1. The molecule has 0 aliphatic rings. The van der Waals surface area contributed by atoms with Crippen LogP contribution in [0.2, 0.25) is 0 Å². The average Bonchev–Trinajstić information content (AvgIpc) is 2.16. The van der Waals surface area contributed by atoms with Crippen LogP contribution in [0.4, 0.5) is 11.6 Å². The summed E-state index contributed by atoms with van der Waals surface area (Å²) in [6, 6.07) is 1.66. The zero-order chi connectivity index (χ0) is 12.0. The lowest BCUT2D eigenvalue weighted by atomic mass is 10.2. The Morgan fingerprint density at radius 2 is 2.31 bits per heavy atom. The molecule has 0 spiro atoms. The third-order valence-electron chi connectivity index (χ3n) is 2.00. The molecule has 0 bridgehead atoms. The number of aliphatic hydroxyl groups is 1. The number of hydrogen-bond donors (Lipinski definition) is 3. The SMILES string of the molecule is COCC(O)CCNc1cc(N)nc(C)n1. The molecule has 0 saturated carbocycles. The van der Waals surface area contributed by atoms with Crippen LogP contribution in [0.1, 0.15) is 12.2 Å². The highest BCUT2D eigenvalue weighted by Gasteiger charge is 2.03. The van der Waals surface area contributed by atoms with Crippen molar-refractivity contribution in [1.29, 1.82) is 0 Å². The smallest absolute Gasteiger partial charge is 0.131 e. The highest BCUT2D eigenvalue weighted by Crippen LogP contribution is 2.07. The summed E-state index contributed by atoms with van der Waals surface area (Å²) in [6.45, 7) is 2.73. The summed E-state index contributed by atoms with van der Waals surface area (Å²) in [5, 5.41) is 12.5. The molecule has 0 amide bonds. The predicted octanol–water partition coefficient (Wildman–Crippen LogP) is 0.177. The largest absolute Gasteiger partial charge is 0.391 e. The number of nitrogens with two attached hydrogens (primary N) is 1. The van der Waals surface area contributed by atoms with E-state index in [0.717, 1.165) is 0 Å². The number of aryl methyl sites for hydroxylation is 1. The Bertz CT molecular complexity index is 312. The third kappa shape index (κ3) is 4.41. The van der Waals surface area contributed by atoms with Crippen LogP contribution in [-0.4, -0.2) is 41.4 Å². The van der Waals surface area contributed by atoms with E-state index in [-0.39, 0.29) is 0 Å². The van der Waals surface area contributed by atoms with Crippen molar-refractivity contribution in [2.45, 2.75) is 19.4 Å². The van der Waals surface area contributed by atoms with Crippen LogP contribution < -0.4 is 11.1 Å². The van der Waals surface area contributed by atoms with E-state index in [4.69, 9.17) is 10.5 Å². The number of methoxy groups -OCH3 is 1. The number of ether oxygens (including phenoxy) is 1. The minimum absolute atomic E-state index is 0.340. The van der Waals surface area contributed by atoms with Crippen LogP contribution in [0.15, 0.2) is 6.07 Å². The van der Waals surface area contributed by atoms with E-state index in [1.165, 1.54) is 0 Å². The van der Waals surface area contributed by atoms with Gasteiger partial charge in [0.05, 0.1) is 12.7 Å². The molecule has 1 atom stereocenters. The van der Waals surface area contributed by atoms with E-state index < -0.39 is 6.10 Å². The number of aromatic nitrogens is 2. The fourth-order valence-electron chi connectivity index (χ4n) is 1.32. The molecule has 0 saturated heterocycles. The first-order chi connectivity index (χ1) is 7.61. The fourth-order valence-corrected chi connectivity index (χ4v) is 1.32. The molecule has 0 aliphatic carbocycles. The van der Waals surface area contributed by atoms with Gasteiger partial charge in [-0.1, -0.05) is 0 Å². The molecule has 6 nitrogen and oxygen atoms in total. The number of rotatable bonds is 6. The molecule has 0 aromatic carbocycles. The normalized spacial score (nSPS) is 12.4. The van der Waals surface area contributed by atoms with Crippen molar-refractivity contribution in [3.63, 3.8) is 0 Å². The van der Waals surface area contributed by atoms with E-state index in [1.807, 2.05) is 0 Å². The molecule has 1 aromatic heterocycles. The van der Waals surface area contributed by atoms with Crippen LogP contribution in [0.25, 0.3) is 0 Å². The van der Waals surface area contributed by atoms with E-state index in [1.54, 1.807) is 20.1 Å². The Hall–Kier alpha value is -1.40. The van der Waals surface area contributed by atoms with Crippen LogP contribution in [-0.2, 0) is 4.74 Å². The van der Waals surface area contributed by atoms with Crippen molar-refractivity contribution in [3.05, 3.63) is 11.9 Å². The van der Waals surface area contributed by atoms with Gasteiger partial charge in [0, 0.05) is 19.7 Å². The second kappa shape index (κ2) is 6.24. The lowest BCUT2D eigenvalue weighted by Crippen LogP contribution is -2.18. The average molecular weight is 226 g/mol. The molecule has 1 aromatic rings. The monoisotopic (exact) mass is 226 g/mol. The highest BCUT2D eigenvalue weighted by atomic mass is 16.5. The van der Waals surface area contributed by atoms with E-state index >= 15 is 0 Å². The van der Waals surface area contributed by atoms with Crippen LogP contribution in [0, 0.1) is 6.92 Å². The standard InChI is InChI=1S/C10H18N4O2/c1-7-13-9(11)5-10(14-7)12-4-3-8(15)6-16-2/h5,8,15H,3-4,6H2,1-2H3,(H3,11,12,13,14). The van der Waals surface area contributed by atoms with Crippen molar-refractivity contribution in [2.24, 2.45) is 0 Å². The predicted molar refractivity (Wildman–Crippen MR) is 62.2 cm³/mol. The van der Waals surface area contributed by atoms with Gasteiger partial charge in [-0.05, 0) is 13.3 Å². The maximum atomic E-state index is 9.41. The first-order valence-corrected chi connectivity index (χ1v) is 5.14. The van der Waals surface area contributed by atoms with Gasteiger partial charge < -0.3 is 20.9 Å². The Morgan fingerprint density at radius 1 is 1.56 bits per heavy atom. The van der Waals surface area contributed by atoms with Crippen molar-refractivity contribution < 1.29 is 9.84 Å². The van der Waals surface area contributed by atoms with Gasteiger partial charge in [-0.2, -0.15) is 0 Å². The van der Waals surface area contributed by atoms with Gasteiger partial charge in [0.2, 0.25) is 0 Å². The van der Waals surface area contributed by atoms with Crippen molar-refractivity contribution >= 4 is 11.6 Å². The Balaban J connectivity index is 2.37. The van der Waals surface area contributed by atoms with Crippen molar-refractivity contribution in [3.8, 4) is 0 Å². The third-order valence-corrected chi connectivity index (χ3v) is 2.00. The number of anilines is 2. The minimum Gasteiger partial charge on any atom is -0.391 e. The molecule has 1 rings (SSSR count). The zero-order valence-corrected chi connectivity index (χ0v) is 9.60. The van der Waals surface area contributed by atoms with Crippen LogP contribution in [0.3, 0.4) is 0 Å². The fraction of sp³-hybridized carbons (Fsp3) is 0.600. The summed E-state index contributed by atoms with van der Waals surface area (Å²) in [5.41, 5.74) is 5.58. The lowest BCUT2D eigenvalue weighted by molar-refractivity contribution is 0.0615. The molecule has 16 heavy (non-hydrogen) atoms. The second-order valence-corrected chi connectivity index (χ2v) is 3.55. The molecular weight excluding hydrogens is 208 g/mol. The molecule has 0 aliphatic heterocycles. The number of nitrogens with zero attached hydrogens (tertiary/aromatic N) is 2. The van der Waals surface area contributed by atoms with Gasteiger partial charge in [0.1, 0.15) is 17.5 Å². The molecule has 0 radical (unpaired) electrons. The van der Waals surface area contributed by atoms with Gasteiger partial charge in [-0.15, -0.1) is 0 Å². The molecule has 0 fully saturated rings. The topological polar surface area (TPSA) is 93.3 Å². The van der Waals surface area contributed by atoms with E-state index in [9.17, 15) is 5.11 Å². The van der Waals surface area contributed by atoms with Gasteiger partial charge in [0.15, 0.2) is 0 Å². The lowest BCUT2D eigenvalue weighted by Gasteiger charge is -2.10. The molecule has 1 unspecified atom stereocenters. The maximum Gasteiger partial charge on any atom is 0.131 e. The zero-order valence-electron chi connectivity index (χ0n) is 9.60. The minimum atomic E-state index is -0.460. The Morgan fingerprint density at radius 3 is 2.94 bits per heavy atom. The first-order valence-electron chi connectivity index (χ1n) is 5.14. The molecule has 6 heteroatoms. The summed E-state index contributed by atoms with van der Waals surface area (Å²) >= 11 is 0.